The zero-order chi connectivity index (χ0) is 38.5. The van der Waals surface area contributed by atoms with Crippen LogP contribution >= 0.6 is 0 Å². The average Bonchev–Trinajstić information content (AvgIpc) is 3.27. The Morgan fingerprint density at radius 3 is 1.83 bits per heavy atom. The SMILES string of the molecule is CC1(C)c2ccccc2Oc2cc(N(c3ccccc3)c3ccc4c(c3)Oc3cccc5c3B4c3c(c4ccccc4c4ccccc34)N5c3ccccc3)ccc21. The largest absolute Gasteiger partial charge is 0.458 e. The lowest BCUT2D eigenvalue weighted by Gasteiger charge is -2.41. The fourth-order valence-corrected chi connectivity index (χ4v) is 9.93. The highest BCUT2D eigenvalue weighted by molar-refractivity contribution is 7.01. The van der Waals surface area contributed by atoms with E-state index in [2.05, 4.69) is 206 Å². The number of fused-ring (bicyclic) bond motifs is 11. The summed E-state index contributed by atoms with van der Waals surface area (Å²) in [6.07, 6.45) is 0. The number of hydrogen-bond donors (Lipinski definition) is 0. The first-order chi connectivity index (χ1) is 28.5. The van der Waals surface area contributed by atoms with Gasteiger partial charge in [-0.25, -0.2) is 0 Å². The smallest absolute Gasteiger partial charge is 0.257 e. The van der Waals surface area contributed by atoms with Gasteiger partial charge in [0.05, 0.1) is 0 Å². The normalized spacial score (nSPS) is 14.0. The summed E-state index contributed by atoms with van der Waals surface area (Å²) in [4.78, 5) is 4.76. The first-order valence-electron chi connectivity index (χ1n) is 20.0. The summed E-state index contributed by atoms with van der Waals surface area (Å²) in [5.41, 5.74) is 12.4. The zero-order valence-electron chi connectivity index (χ0n) is 32.2. The van der Waals surface area contributed by atoms with Crippen molar-refractivity contribution in [3.63, 3.8) is 0 Å². The second-order valence-electron chi connectivity index (χ2n) is 16.0. The number of para-hydroxylation sites is 3. The predicted molar refractivity (Wildman–Crippen MR) is 241 cm³/mol. The molecular weight excluding hydrogens is 707 g/mol. The fraction of sp³-hybridized carbons (Fsp3) is 0.0566. The van der Waals surface area contributed by atoms with Crippen LogP contribution < -0.4 is 35.7 Å². The van der Waals surface area contributed by atoms with Crippen molar-refractivity contribution >= 4 is 78.8 Å². The molecule has 12 rings (SSSR count). The van der Waals surface area contributed by atoms with Gasteiger partial charge in [0.2, 0.25) is 0 Å². The van der Waals surface area contributed by atoms with Crippen molar-refractivity contribution in [2.45, 2.75) is 19.3 Å². The molecule has 0 radical (unpaired) electrons. The lowest BCUT2D eigenvalue weighted by atomic mass is 9.33. The molecule has 0 saturated heterocycles. The Morgan fingerprint density at radius 2 is 1.03 bits per heavy atom. The molecule has 3 aliphatic rings. The molecular formula is C53H37BN2O2. The summed E-state index contributed by atoms with van der Waals surface area (Å²) >= 11 is 0. The molecule has 0 N–H and O–H groups in total. The van der Waals surface area contributed by atoms with Crippen LogP contribution in [0, 0.1) is 0 Å². The minimum atomic E-state index is -0.200. The lowest BCUT2D eigenvalue weighted by molar-refractivity contribution is 0.418. The van der Waals surface area contributed by atoms with Crippen LogP contribution in [0.4, 0.5) is 34.1 Å². The molecule has 3 heterocycles. The fourth-order valence-electron chi connectivity index (χ4n) is 9.93. The van der Waals surface area contributed by atoms with Gasteiger partial charge in [-0.1, -0.05) is 135 Å². The van der Waals surface area contributed by atoms with Crippen molar-refractivity contribution < 1.29 is 9.47 Å². The van der Waals surface area contributed by atoms with E-state index in [1.54, 1.807) is 0 Å². The van der Waals surface area contributed by atoms with Gasteiger partial charge in [0.15, 0.2) is 0 Å². The van der Waals surface area contributed by atoms with E-state index < -0.39 is 0 Å². The highest BCUT2D eigenvalue weighted by Crippen LogP contribution is 2.51. The molecule has 0 fully saturated rings. The highest BCUT2D eigenvalue weighted by atomic mass is 16.5. The summed E-state index contributed by atoms with van der Waals surface area (Å²) in [7, 11) is 0. The van der Waals surface area contributed by atoms with E-state index in [4.69, 9.17) is 9.47 Å². The van der Waals surface area contributed by atoms with Crippen molar-refractivity contribution in [1.29, 1.82) is 0 Å². The maximum atomic E-state index is 7.06. The van der Waals surface area contributed by atoms with Gasteiger partial charge in [-0.3, -0.25) is 0 Å². The summed E-state index contributed by atoms with van der Waals surface area (Å²) in [5, 5.41) is 4.99. The Kier molecular flexibility index (Phi) is 7.04. The summed E-state index contributed by atoms with van der Waals surface area (Å²) in [5.74, 6) is 3.51. The van der Waals surface area contributed by atoms with Gasteiger partial charge in [0.25, 0.3) is 6.71 Å². The molecule has 0 spiro atoms. The lowest BCUT2D eigenvalue weighted by Crippen LogP contribution is -2.59. The standard InChI is InChI=1S/C53H37BN2O2/c1-53(2)42-24-13-14-26-46(42)57-48-32-36(28-30-43(48)53)55(34-16-5-3-6-17-34)37-29-31-44-49(33-37)58-47-27-15-25-45-51(47)54(44)50-40-22-11-9-20-38(40)39-21-10-12-23-41(39)52(50)56(45)35-18-7-4-8-19-35/h3-33H,1-2H3. The molecule has 0 amide bonds. The molecule has 5 heteroatoms. The number of nitrogens with zero attached hydrogens (tertiary/aromatic N) is 2. The molecule has 9 aromatic rings. The molecule has 0 saturated carbocycles. The third-order valence-corrected chi connectivity index (χ3v) is 12.5. The van der Waals surface area contributed by atoms with E-state index in [1.807, 2.05) is 6.07 Å². The van der Waals surface area contributed by atoms with Gasteiger partial charge in [-0.05, 0) is 87.1 Å². The quantitative estimate of drug-likeness (QED) is 0.132. The second kappa shape index (κ2) is 12.4. The van der Waals surface area contributed by atoms with E-state index >= 15 is 0 Å². The molecule has 0 atom stereocenters. The molecule has 9 aromatic carbocycles. The number of anilines is 6. The van der Waals surface area contributed by atoms with E-state index in [9.17, 15) is 0 Å². The zero-order valence-corrected chi connectivity index (χ0v) is 32.2. The van der Waals surface area contributed by atoms with Gasteiger partial charge in [0, 0.05) is 68.2 Å². The van der Waals surface area contributed by atoms with Crippen LogP contribution in [0.3, 0.4) is 0 Å². The number of ether oxygens (including phenoxy) is 2. The molecule has 58 heavy (non-hydrogen) atoms. The Balaban J connectivity index is 1.07. The van der Waals surface area contributed by atoms with Crippen LogP contribution in [-0.4, -0.2) is 6.71 Å². The van der Waals surface area contributed by atoms with Gasteiger partial charge in [-0.2, -0.15) is 0 Å². The molecule has 274 valence electrons. The summed E-state index contributed by atoms with van der Waals surface area (Å²) in [6.45, 7) is 4.50. The van der Waals surface area contributed by atoms with Gasteiger partial charge >= 0.3 is 0 Å². The third kappa shape index (κ3) is 4.71. The van der Waals surface area contributed by atoms with Crippen LogP contribution in [-0.2, 0) is 5.41 Å². The molecule has 0 aromatic heterocycles. The highest BCUT2D eigenvalue weighted by Gasteiger charge is 2.44. The van der Waals surface area contributed by atoms with Crippen LogP contribution in [0.15, 0.2) is 188 Å². The Morgan fingerprint density at radius 1 is 0.448 bits per heavy atom. The predicted octanol–water partition coefficient (Wildman–Crippen LogP) is 12.3. The Hall–Kier alpha value is -7.24. The second-order valence-corrected chi connectivity index (χ2v) is 16.0. The van der Waals surface area contributed by atoms with Crippen LogP contribution in [0.25, 0.3) is 21.5 Å². The molecule has 0 aliphatic carbocycles. The van der Waals surface area contributed by atoms with Crippen molar-refractivity contribution in [1.82, 2.24) is 0 Å². The molecule has 3 aliphatic heterocycles. The number of benzene rings is 9. The minimum absolute atomic E-state index is 0.0573. The molecule has 0 unspecified atom stereocenters. The first-order valence-corrected chi connectivity index (χ1v) is 20.0. The first kappa shape index (κ1) is 33.0. The Labute approximate surface area is 338 Å². The van der Waals surface area contributed by atoms with Gasteiger partial charge < -0.3 is 19.3 Å². The average molecular weight is 745 g/mol. The van der Waals surface area contributed by atoms with Crippen molar-refractivity contribution in [2.24, 2.45) is 0 Å². The minimum Gasteiger partial charge on any atom is -0.458 e. The van der Waals surface area contributed by atoms with E-state index in [0.29, 0.717) is 0 Å². The van der Waals surface area contributed by atoms with E-state index in [1.165, 1.54) is 49.3 Å². The van der Waals surface area contributed by atoms with Crippen LogP contribution in [0.2, 0.25) is 0 Å². The number of hydrogen-bond acceptors (Lipinski definition) is 4. The topological polar surface area (TPSA) is 24.9 Å². The van der Waals surface area contributed by atoms with E-state index in [0.717, 1.165) is 56.9 Å². The van der Waals surface area contributed by atoms with Crippen LogP contribution in [0.5, 0.6) is 23.0 Å². The van der Waals surface area contributed by atoms with Crippen molar-refractivity contribution in [3.05, 3.63) is 199 Å². The molecule has 4 nitrogen and oxygen atoms in total. The van der Waals surface area contributed by atoms with Gasteiger partial charge in [-0.15, -0.1) is 0 Å². The van der Waals surface area contributed by atoms with Crippen LogP contribution in [0.1, 0.15) is 25.0 Å². The van der Waals surface area contributed by atoms with Gasteiger partial charge in [0.1, 0.15) is 23.0 Å². The maximum absolute atomic E-state index is 7.06. The summed E-state index contributed by atoms with van der Waals surface area (Å²) < 4.78 is 13.7. The van der Waals surface area contributed by atoms with E-state index in [-0.39, 0.29) is 12.1 Å². The Bertz CT molecular complexity index is 3120. The van der Waals surface area contributed by atoms with Crippen molar-refractivity contribution in [3.8, 4) is 23.0 Å². The maximum Gasteiger partial charge on any atom is 0.257 e. The third-order valence-electron chi connectivity index (χ3n) is 12.5. The number of rotatable bonds is 4. The molecule has 0 bridgehead atoms. The monoisotopic (exact) mass is 744 g/mol. The van der Waals surface area contributed by atoms with Crippen molar-refractivity contribution in [2.75, 3.05) is 9.80 Å². The summed E-state index contributed by atoms with van der Waals surface area (Å²) in [6, 6.07) is 67.4.